The molecule has 0 heterocycles. The van der Waals surface area contributed by atoms with Crippen molar-refractivity contribution in [2.45, 2.75) is 13.8 Å². The summed E-state index contributed by atoms with van der Waals surface area (Å²) in [4.78, 5) is 0. The normalized spacial score (nSPS) is 10.4. The third kappa shape index (κ3) is 3.12. The molecule has 0 unspecified atom stereocenters. The molecule has 0 aromatic heterocycles. The van der Waals surface area contributed by atoms with Gasteiger partial charge in [0.1, 0.15) is 5.75 Å². The van der Waals surface area contributed by atoms with E-state index < -0.39 is 0 Å². The van der Waals surface area contributed by atoms with Crippen LogP contribution < -0.4 is 10.1 Å². The average molecular weight is 218 g/mol. The Hall–Kier alpha value is -1.77. The SMILES string of the molecule is CCN/C=C\C(=N)c1ccc(OC)c(C)c1. The fourth-order valence-corrected chi connectivity index (χ4v) is 1.40. The lowest BCUT2D eigenvalue weighted by Crippen LogP contribution is -2.04. The van der Waals surface area contributed by atoms with Gasteiger partial charge >= 0.3 is 0 Å². The first-order valence-electron chi connectivity index (χ1n) is 5.32. The van der Waals surface area contributed by atoms with Crippen LogP contribution in [0.15, 0.2) is 30.5 Å². The summed E-state index contributed by atoms with van der Waals surface area (Å²) in [6.45, 7) is 4.86. The molecule has 0 atom stereocenters. The molecule has 1 aromatic rings. The van der Waals surface area contributed by atoms with Gasteiger partial charge in [0.2, 0.25) is 0 Å². The van der Waals surface area contributed by atoms with Crippen molar-refractivity contribution >= 4 is 5.71 Å². The van der Waals surface area contributed by atoms with Gasteiger partial charge in [-0.1, -0.05) is 0 Å². The van der Waals surface area contributed by atoms with Gasteiger partial charge in [0, 0.05) is 6.54 Å². The van der Waals surface area contributed by atoms with Crippen LogP contribution in [0.3, 0.4) is 0 Å². The maximum absolute atomic E-state index is 7.86. The maximum atomic E-state index is 7.86. The van der Waals surface area contributed by atoms with Gasteiger partial charge in [-0.25, -0.2) is 0 Å². The van der Waals surface area contributed by atoms with Gasteiger partial charge in [-0.2, -0.15) is 0 Å². The first-order chi connectivity index (χ1) is 7.69. The molecule has 0 saturated carbocycles. The molecule has 0 aliphatic heterocycles. The van der Waals surface area contributed by atoms with E-state index in [1.54, 1.807) is 19.4 Å². The first-order valence-corrected chi connectivity index (χ1v) is 5.32. The highest BCUT2D eigenvalue weighted by Gasteiger charge is 2.02. The van der Waals surface area contributed by atoms with E-state index in [1.165, 1.54) is 0 Å². The summed E-state index contributed by atoms with van der Waals surface area (Å²) in [6, 6.07) is 5.74. The van der Waals surface area contributed by atoms with Crippen molar-refractivity contribution in [3.8, 4) is 5.75 Å². The molecule has 0 aliphatic rings. The molecule has 0 aliphatic carbocycles. The van der Waals surface area contributed by atoms with Crippen molar-refractivity contribution < 1.29 is 4.74 Å². The number of hydrogen-bond acceptors (Lipinski definition) is 3. The number of rotatable bonds is 5. The van der Waals surface area contributed by atoms with Gasteiger partial charge in [0.25, 0.3) is 0 Å². The van der Waals surface area contributed by atoms with Gasteiger partial charge in [-0.05, 0) is 55.4 Å². The third-order valence-electron chi connectivity index (χ3n) is 2.28. The maximum Gasteiger partial charge on any atom is 0.121 e. The van der Waals surface area contributed by atoms with Gasteiger partial charge in [-0.15, -0.1) is 0 Å². The number of benzene rings is 1. The minimum atomic E-state index is 0.492. The van der Waals surface area contributed by atoms with Gasteiger partial charge in [0.15, 0.2) is 0 Å². The van der Waals surface area contributed by atoms with E-state index >= 15 is 0 Å². The van der Waals surface area contributed by atoms with E-state index in [-0.39, 0.29) is 0 Å². The van der Waals surface area contributed by atoms with Crippen LogP contribution in [0.2, 0.25) is 0 Å². The largest absolute Gasteiger partial charge is 0.496 e. The molecule has 1 aromatic carbocycles. The van der Waals surface area contributed by atoms with E-state index in [4.69, 9.17) is 10.1 Å². The number of nitrogens with one attached hydrogen (secondary N) is 2. The standard InChI is InChI=1S/C13H18N2O/c1-4-15-8-7-12(14)11-5-6-13(16-3)10(2)9-11/h5-9,14-15H,4H2,1-3H3/b8-7-,14-12?. The van der Waals surface area contributed by atoms with Crippen LogP contribution in [0.1, 0.15) is 18.1 Å². The zero-order chi connectivity index (χ0) is 12.0. The molecule has 16 heavy (non-hydrogen) atoms. The molecule has 0 radical (unpaired) electrons. The molecule has 86 valence electrons. The van der Waals surface area contributed by atoms with Gasteiger partial charge < -0.3 is 15.5 Å². The summed E-state index contributed by atoms with van der Waals surface area (Å²) in [7, 11) is 1.65. The second-order valence-corrected chi connectivity index (χ2v) is 3.49. The smallest absolute Gasteiger partial charge is 0.121 e. The lowest BCUT2D eigenvalue weighted by molar-refractivity contribution is 0.411. The average Bonchev–Trinajstić information content (AvgIpc) is 2.29. The van der Waals surface area contributed by atoms with Crippen LogP contribution in [-0.2, 0) is 0 Å². The lowest BCUT2D eigenvalue weighted by Gasteiger charge is -2.06. The summed E-state index contributed by atoms with van der Waals surface area (Å²) in [5.74, 6) is 0.854. The minimum absolute atomic E-state index is 0.492. The third-order valence-corrected chi connectivity index (χ3v) is 2.28. The second-order valence-electron chi connectivity index (χ2n) is 3.49. The van der Waals surface area contributed by atoms with Crippen molar-refractivity contribution in [1.29, 1.82) is 5.41 Å². The number of allylic oxidation sites excluding steroid dienone is 1. The number of ether oxygens (including phenoxy) is 1. The number of methoxy groups -OCH3 is 1. The molecule has 1 rings (SSSR count). The zero-order valence-electron chi connectivity index (χ0n) is 10.0. The summed E-state index contributed by atoms with van der Waals surface area (Å²) < 4.78 is 5.18. The molecule has 3 heteroatoms. The summed E-state index contributed by atoms with van der Waals surface area (Å²) in [5.41, 5.74) is 2.43. The van der Waals surface area contributed by atoms with Crippen molar-refractivity contribution in [3.63, 3.8) is 0 Å². The molecular weight excluding hydrogens is 200 g/mol. The highest BCUT2D eigenvalue weighted by molar-refractivity contribution is 6.06. The van der Waals surface area contributed by atoms with Gasteiger partial charge in [0.05, 0.1) is 12.8 Å². The Bertz CT molecular complexity index is 397. The van der Waals surface area contributed by atoms with Crippen LogP contribution in [0.5, 0.6) is 5.75 Å². The van der Waals surface area contributed by atoms with Crippen molar-refractivity contribution in [1.82, 2.24) is 5.32 Å². The Balaban J connectivity index is 2.81. The Morgan fingerprint density at radius 3 is 2.81 bits per heavy atom. The second kappa shape index (κ2) is 5.95. The van der Waals surface area contributed by atoms with Crippen molar-refractivity contribution in [2.24, 2.45) is 0 Å². The molecule has 0 fully saturated rings. The Morgan fingerprint density at radius 2 is 2.25 bits per heavy atom. The van der Waals surface area contributed by atoms with Crippen LogP contribution in [0.25, 0.3) is 0 Å². The summed E-state index contributed by atoms with van der Waals surface area (Å²) in [5, 5.41) is 10.9. The quantitative estimate of drug-likeness (QED) is 0.746. The van der Waals surface area contributed by atoms with Gasteiger partial charge in [-0.3, -0.25) is 0 Å². The predicted octanol–water partition coefficient (Wildman–Crippen LogP) is 2.49. The van der Waals surface area contributed by atoms with Crippen molar-refractivity contribution in [2.75, 3.05) is 13.7 Å². The van der Waals surface area contributed by atoms with Crippen LogP contribution in [-0.4, -0.2) is 19.4 Å². The predicted molar refractivity (Wildman–Crippen MR) is 67.4 cm³/mol. The van der Waals surface area contributed by atoms with Crippen molar-refractivity contribution in [3.05, 3.63) is 41.6 Å². The molecule has 3 nitrogen and oxygen atoms in total. The zero-order valence-corrected chi connectivity index (χ0v) is 10.0. The lowest BCUT2D eigenvalue weighted by atomic mass is 10.1. The molecule has 0 amide bonds. The number of aryl methyl sites for hydroxylation is 1. The fourth-order valence-electron chi connectivity index (χ4n) is 1.40. The van der Waals surface area contributed by atoms with E-state index in [1.807, 2.05) is 32.0 Å². The first kappa shape index (κ1) is 12.3. The summed E-state index contributed by atoms with van der Waals surface area (Å²) >= 11 is 0. The molecule has 0 spiro atoms. The Morgan fingerprint density at radius 1 is 1.50 bits per heavy atom. The van der Waals surface area contributed by atoms with Crippen LogP contribution in [0.4, 0.5) is 0 Å². The van der Waals surface area contributed by atoms with E-state index in [0.717, 1.165) is 23.4 Å². The fraction of sp³-hybridized carbons (Fsp3) is 0.308. The summed E-state index contributed by atoms with van der Waals surface area (Å²) in [6.07, 6.45) is 3.55. The Labute approximate surface area is 96.6 Å². The highest BCUT2D eigenvalue weighted by Crippen LogP contribution is 2.18. The molecule has 0 bridgehead atoms. The molecular formula is C13H18N2O. The van der Waals surface area contributed by atoms with E-state index in [9.17, 15) is 0 Å². The monoisotopic (exact) mass is 218 g/mol. The number of hydrogen-bond donors (Lipinski definition) is 2. The van der Waals surface area contributed by atoms with E-state index in [0.29, 0.717) is 5.71 Å². The Kier molecular flexibility index (Phi) is 4.58. The van der Waals surface area contributed by atoms with Crippen LogP contribution >= 0.6 is 0 Å². The minimum Gasteiger partial charge on any atom is -0.496 e. The van der Waals surface area contributed by atoms with Crippen LogP contribution in [0, 0.1) is 12.3 Å². The van der Waals surface area contributed by atoms with E-state index in [2.05, 4.69) is 5.32 Å². The highest BCUT2D eigenvalue weighted by atomic mass is 16.5. The molecule has 0 saturated heterocycles. The topological polar surface area (TPSA) is 45.1 Å². The molecule has 2 N–H and O–H groups in total.